The minimum atomic E-state index is -0.860. The monoisotopic (exact) mass is 265 g/mol. The highest BCUT2D eigenvalue weighted by molar-refractivity contribution is 5.76. The molecule has 1 fully saturated rings. The molecule has 0 unspecified atom stereocenters. The lowest BCUT2D eigenvalue weighted by molar-refractivity contribution is -0.145. The summed E-state index contributed by atoms with van der Waals surface area (Å²) in [6.45, 7) is 2.55. The number of nitrogens with zero attached hydrogens (tertiary/aromatic N) is 1. The SMILES string of the molecule is O=C(O)[C@H](c1ccc2c(c1)OCO2)N1CCOCC1. The smallest absolute Gasteiger partial charge is 0.325 e. The third-order valence-electron chi connectivity index (χ3n) is 3.36. The first kappa shape index (κ1) is 12.3. The summed E-state index contributed by atoms with van der Waals surface area (Å²) < 4.78 is 15.8. The standard InChI is InChI=1S/C13H15NO5/c15-13(16)12(14-3-5-17-6-4-14)9-1-2-10-11(7-9)19-8-18-10/h1-2,7,12H,3-6,8H2,(H,15,16)/t12-/m0/s1. The van der Waals surface area contributed by atoms with E-state index in [-0.39, 0.29) is 6.79 Å². The van der Waals surface area contributed by atoms with Crippen LogP contribution in [0, 0.1) is 0 Å². The van der Waals surface area contributed by atoms with Crippen LogP contribution in [0.25, 0.3) is 0 Å². The van der Waals surface area contributed by atoms with Gasteiger partial charge in [-0.25, -0.2) is 0 Å². The number of carboxylic acids is 1. The van der Waals surface area contributed by atoms with Crippen LogP contribution in [0.15, 0.2) is 18.2 Å². The Labute approximate surface area is 110 Å². The van der Waals surface area contributed by atoms with Crippen molar-refractivity contribution in [3.8, 4) is 11.5 Å². The van der Waals surface area contributed by atoms with Crippen molar-refractivity contribution in [1.82, 2.24) is 4.90 Å². The molecule has 2 heterocycles. The highest BCUT2D eigenvalue weighted by Crippen LogP contribution is 2.35. The number of benzene rings is 1. The van der Waals surface area contributed by atoms with Crippen molar-refractivity contribution in [2.24, 2.45) is 0 Å². The molecule has 0 bridgehead atoms. The van der Waals surface area contributed by atoms with E-state index in [4.69, 9.17) is 14.2 Å². The van der Waals surface area contributed by atoms with E-state index in [1.807, 2.05) is 4.90 Å². The highest BCUT2D eigenvalue weighted by Gasteiger charge is 2.30. The quantitative estimate of drug-likeness (QED) is 0.874. The van der Waals surface area contributed by atoms with Gasteiger partial charge in [0.25, 0.3) is 0 Å². The largest absolute Gasteiger partial charge is 0.480 e. The minimum absolute atomic E-state index is 0.189. The number of hydrogen-bond acceptors (Lipinski definition) is 5. The van der Waals surface area contributed by atoms with E-state index in [0.29, 0.717) is 43.4 Å². The van der Waals surface area contributed by atoms with Crippen LogP contribution in [0.5, 0.6) is 11.5 Å². The van der Waals surface area contributed by atoms with E-state index in [1.165, 1.54) is 0 Å². The van der Waals surface area contributed by atoms with Gasteiger partial charge in [-0.3, -0.25) is 9.69 Å². The maximum absolute atomic E-state index is 11.5. The lowest BCUT2D eigenvalue weighted by Crippen LogP contribution is -2.42. The summed E-state index contributed by atoms with van der Waals surface area (Å²) in [5.41, 5.74) is 0.707. The van der Waals surface area contributed by atoms with Crippen molar-refractivity contribution in [3.05, 3.63) is 23.8 Å². The molecule has 19 heavy (non-hydrogen) atoms. The molecular formula is C13H15NO5. The Morgan fingerprint density at radius 2 is 1.95 bits per heavy atom. The Kier molecular flexibility index (Phi) is 3.27. The van der Waals surface area contributed by atoms with Gasteiger partial charge in [0, 0.05) is 13.1 Å². The van der Waals surface area contributed by atoms with Crippen molar-refractivity contribution in [1.29, 1.82) is 0 Å². The van der Waals surface area contributed by atoms with E-state index in [2.05, 4.69) is 0 Å². The number of ether oxygens (including phenoxy) is 3. The fourth-order valence-electron chi connectivity index (χ4n) is 2.43. The van der Waals surface area contributed by atoms with Gasteiger partial charge in [-0.1, -0.05) is 6.07 Å². The second kappa shape index (κ2) is 5.07. The molecule has 1 aromatic carbocycles. The van der Waals surface area contributed by atoms with E-state index in [9.17, 15) is 9.90 Å². The van der Waals surface area contributed by atoms with Gasteiger partial charge in [-0.15, -0.1) is 0 Å². The van der Waals surface area contributed by atoms with Gasteiger partial charge in [-0.05, 0) is 17.7 Å². The molecule has 2 aliphatic rings. The van der Waals surface area contributed by atoms with Gasteiger partial charge in [-0.2, -0.15) is 0 Å². The molecular weight excluding hydrogens is 250 g/mol. The topological polar surface area (TPSA) is 68.2 Å². The molecule has 1 aromatic rings. The molecule has 102 valence electrons. The normalized spacial score (nSPS) is 20.2. The van der Waals surface area contributed by atoms with E-state index in [1.54, 1.807) is 18.2 Å². The Morgan fingerprint density at radius 1 is 1.21 bits per heavy atom. The zero-order valence-corrected chi connectivity index (χ0v) is 10.4. The molecule has 0 aromatic heterocycles. The van der Waals surface area contributed by atoms with Crippen molar-refractivity contribution in [2.45, 2.75) is 6.04 Å². The fraction of sp³-hybridized carbons (Fsp3) is 0.462. The molecule has 1 N–H and O–H groups in total. The van der Waals surface area contributed by atoms with Crippen LogP contribution >= 0.6 is 0 Å². The maximum Gasteiger partial charge on any atom is 0.325 e. The summed E-state index contributed by atoms with van der Waals surface area (Å²) in [6, 6.07) is 4.62. The van der Waals surface area contributed by atoms with E-state index in [0.717, 1.165) is 0 Å². The number of hydrogen-bond donors (Lipinski definition) is 1. The van der Waals surface area contributed by atoms with Gasteiger partial charge in [0.15, 0.2) is 11.5 Å². The molecule has 6 nitrogen and oxygen atoms in total. The fourth-order valence-corrected chi connectivity index (χ4v) is 2.43. The van der Waals surface area contributed by atoms with Gasteiger partial charge >= 0.3 is 5.97 Å². The third-order valence-corrected chi connectivity index (χ3v) is 3.36. The third kappa shape index (κ3) is 2.36. The first-order valence-corrected chi connectivity index (χ1v) is 6.20. The number of carboxylic acid groups (broad SMARTS) is 1. The van der Waals surface area contributed by atoms with Crippen LogP contribution in [0.2, 0.25) is 0 Å². The Morgan fingerprint density at radius 3 is 2.68 bits per heavy atom. The zero-order valence-electron chi connectivity index (χ0n) is 10.4. The number of morpholine rings is 1. The molecule has 0 spiro atoms. The van der Waals surface area contributed by atoms with E-state index >= 15 is 0 Å². The van der Waals surface area contributed by atoms with Gasteiger partial charge in [0.2, 0.25) is 6.79 Å². The van der Waals surface area contributed by atoms with Crippen molar-refractivity contribution in [2.75, 3.05) is 33.1 Å². The summed E-state index contributed by atoms with van der Waals surface area (Å²) >= 11 is 0. The number of carbonyl (C=O) groups is 1. The summed E-state index contributed by atoms with van der Waals surface area (Å²) in [7, 11) is 0. The Hall–Kier alpha value is -1.79. The van der Waals surface area contributed by atoms with Crippen molar-refractivity contribution >= 4 is 5.97 Å². The van der Waals surface area contributed by atoms with Crippen molar-refractivity contribution in [3.63, 3.8) is 0 Å². The van der Waals surface area contributed by atoms with Crippen LogP contribution in [0.4, 0.5) is 0 Å². The zero-order chi connectivity index (χ0) is 13.2. The number of rotatable bonds is 3. The molecule has 6 heteroatoms. The highest BCUT2D eigenvalue weighted by atomic mass is 16.7. The molecule has 2 aliphatic heterocycles. The first-order valence-electron chi connectivity index (χ1n) is 6.20. The summed E-state index contributed by atoms with van der Waals surface area (Å²) in [6.07, 6.45) is 0. The van der Waals surface area contributed by atoms with Gasteiger partial charge < -0.3 is 19.3 Å². The number of aliphatic carboxylic acids is 1. The van der Waals surface area contributed by atoms with Crippen molar-refractivity contribution < 1.29 is 24.1 Å². The van der Waals surface area contributed by atoms with Crippen LogP contribution in [0.1, 0.15) is 11.6 Å². The Bertz CT molecular complexity index is 484. The molecule has 0 amide bonds. The first-order chi connectivity index (χ1) is 9.25. The average molecular weight is 265 g/mol. The maximum atomic E-state index is 11.5. The Balaban J connectivity index is 1.89. The predicted molar refractivity (Wildman–Crippen MR) is 65.3 cm³/mol. The second-order valence-corrected chi connectivity index (χ2v) is 4.50. The second-order valence-electron chi connectivity index (χ2n) is 4.50. The lowest BCUT2D eigenvalue weighted by atomic mass is 10.0. The van der Waals surface area contributed by atoms with Crippen LogP contribution in [0.3, 0.4) is 0 Å². The summed E-state index contributed by atoms with van der Waals surface area (Å²) in [5.74, 6) is 0.410. The molecule has 0 aliphatic carbocycles. The molecule has 0 saturated carbocycles. The van der Waals surface area contributed by atoms with Crippen LogP contribution in [-0.2, 0) is 9.53 Å². The molecule has 1 atom stereocenters. The molecule has 3 rings (SSSR count). The summed E-state index contributed by atoms with van der Waals surface area (Å²) in [4.78, 5) is 13.5. The van der Waals surface area contributed by atoms with E-state index < -0.39 is 12.0 Å². The molecule has 1 saturated heterocycles. The predicted octanol–water partition coefficient (Wildman–Crippen LogP) is 0.873. The average Bonchev–Trinajstić information content (AvgIpc) is 2.87. The number of fused-ring (bicyclic) bond motifs is 1. The van der Waals surface area contributed by atoms with Gasteiger partial charge in [0.05, 0.1) is 13.2 Å². The molecule has 0 radical (unpaired) electrons. The van der Waals surface area contributed by atoms with Gasteiger partial charge in [0.1, 0.15) is 6.04 Å². The minimum Gasteiger partial charge on any atom is -0.480 e. The summed E-state index contributed by atoms with van der Waals surface area (Å²) in [5, 5.41) is 9.47. The lowest BCUT2D eigenvalue weighted by Gasteiger charge is -2.32. The van der Waals surface area contributed by atoms with Crippen LogP contribution < -0.4 is 9.47 Å². The van der Waals surface area contributed by atoms with Crippen LogP contribution in [-0.4, -0.2) is 49.1 Å².